The Bertz CT molecular complexity index is 318. The van der Waals surface area contributed by atoms with E-state index >= 15 is 0 Å². The molecule has 1 aromatic rings. The van der Waals surface area contributed by atoms with Crippen LogP contribution in [0.15, 0.2) is 24.3 Å². The summed E-state index contributed by atoms with van der Waals surface area (Å²) in [6.07, 6.45) is 3.69. The lowest BCUT2D eigenvalue weighted by molar-refractivity contribution is 0.260. The van der Waals surface area contributed by atoms with Gasteiger partial charge in [0.25, 0.3) is 0 Å². The molecule has 1 fully saturated rings. The molecule has 2 heteroatoms. The molecule has 2 nitrogen and oxygen atoms in total. The highest BCUT2D eigenvalue weighted by Crippen LogP contribution is 2.19. The number of nitrogens with zero attached hydrogens (tertiary/aromatic N) is 1. The summed E-state index contributed by atoms with van der Waals surface area (Å²) < 4.78 is 0. The summed E-state index contributed by atoms with van der Waals surface area (Å²) in [6, 6.07) is 9.67. The van der Waals surface area contributed by atoms with E-state index in [4.69, 9.17) is 5.73 Å². The fraction of sp³-hybridized carbons (Fsp3) is 0.571. The first-order valence-electron chi connectivity index (χ1n) is 6.31. The van der Waals surface area contributed by atoms with E-state index in [9.17, 15) is 0 Å². The summed E-state index contributed by atoms with van der Waals surface area (Å²) >= 11 is 0. The van der Waals surface area contributed by atoms with Gasteiger partial charge in [0.05, 0.1) is 0 Å². The Morgan fingerprint density at radius 2 is 1.94 bits per heavy atom. The second-order valence-electron chi connectivity index (χ2n) is 4.82. The number of hydrogen-bond donors (Lipinski definition) is 1. The van der Waals surface area contributed by atoms with Gasteiger partial charge in [0.1, 0.15) is 0 Å². The second-order valence-corrected chi connectivity index (χ2v) is 4.82. The highest BCUT2D eigenvalue weighted by atomic mass is 15.2. The maximum absolute atomic E-state index is 5.54. The molecule has 0 aliphatic carbocycles. The van der Waals surface area contributed by atoms with Crippen LogP contribution in [0.4, 0.5) is 0 Å². The van der Waals surface area contributed by atoms with Crippen molar-refractivity contribution in [3.63, 3.8) is 0 Å². The molecule has 1 aliphatic rings. The first-order chi connectivity index (χ1) is 7.79. The topological polar surface area (TPSA) is 29.3 Å². The molecule has 0 aromatic heterocycles. The van der Waals surface area contributed by atoms with Crippen LogP contribution in [0.3, 0.4) is 0 Å². The lowest BCUT2D eigenvalue weighted by Crippen LogP contribution is -2.26. The van der Waals surface area contributed by atoms with E-state index < -0.39 is 0 Å². The van der Waals surface area contributed by atoms with Gasteiger partial charge in [-0.15, -0.1) is 0 Å². The minimum absolute atomic E-state index is 0.739. The molecule has 2 N–H and O–H groups in total. The van der Waals surface area contributed by atoms with Crippen molar-refractivity contribution >= 4 is 0 Å². The number of hydrogen-bond acceptors (Lipinski definition) is 2. The average molecular weight is 218 g/mol. The van der Waals surface area contributed by atoms with Crippen molar-refractivity contribution < 1.29 is 0 Å². The van der Waals surface area contributed by atoms with E-state index in [1.807, 2.05) is 0 Å². The van der Waals surface area contributed by atoms with Crippen LogP contribution in [-0.2, 0) is 13.0 Å². The smallest absolute Gasteiger partial charge is 0.0236 e. The quantitative estimate of drug-likeness (QED) is 0.839. The Hall–Kier alpha value is -0.860. The van der Waals surface area contributed by atoms with Crippen LogP contribution in [0.2, 0.25) is 0 Å². The van der Waals surface area contributed by atoms with Crippen LogP contribution in [0.25, 0.3) is 0 Å². The average Bonchev–Trinajstić information content (AvgIpc) is 2.68. The molecule has 1 atom stereocenters. The van der Waals surface area contributed by atoms with Crippen LogP contribution >= 0.6 is 0 Å². The predicted molar refractivity (Wildman–Crippen MR) is 68.3 cm³/mol. The zero-order valence-electron chi connectivity index (χ0n) is 10.2. The standard InChI is InChI=1S/C14H22N2/c1-12-3-2-10-16(12)11-14-6-4-13(5-7-14)8-9-15/h4-7,12H,2-3,8-11,15H2,1H3. The van der Waals surface area contributed by atoms with Crippen molar-refractivity contribution in [3.8, 4) is 0 Å². The van der Waals surface area contributed by atoms with Gasteiger partial charge in [-0.3, -0.25) is 4.90 Å². The largest absolute Gasteiger partial charge is 0.330 e. The molecule has 0 bridgehead atoms. The van der Waals surface area contributed by atoms with E-state index in [1.54, 1.807) is 0 Å². The highest BCUT2D eigenvalue weighted by Gasteiger charge is 2.19. The first-order valence-corrected chi connectivity index (χ1v) is 6.31. The maximum atomic E-state index is 5.54. The van der Waals surface area contributed by atoms with Crippen LogP contribution in [0.1, 0.15) is 30.9 Å². The van der Waals surface area contributed by atoms with Gasteiger partial charge in [0, 0.05) is 12.6 Å². The van der Waals surface area contributed by atoms with E-state index in [1.165, 1.54) is 30.5 Å². The summed E-state index contributed by atoms with van der Waals surface area (Å²) in [4.78, 5) is 2.57. The molecule has 16 heavy (non-hydrogen) atoms. The minimum Gasteiger partial charge on any atom is -0.330 e. The molecule has 0 amide bonds. The van der Waals surface area contributed by atoms with Crippen molar-refractivity contribution in [3.05, 3.63) is 35.4 Å². The zero-order valence-corrected chi connectivity index (χ0v) is 10.2. The summed E-state index contributed by atoms with van der Waals surface area (Å²) in [5.41, 5.74) is 8.31. The van der Waals surface area contributed by atoms with E-state index in [0.29, 0.717) is 0 Å². The number of rotatable bonds is 4. The zero-order chi connectivity index (χ0) is 11.4. The molecular weight excluding hydrogens is 196 g/mol. The van der Waals surface area contributed by atoms with E-state index in [-0.39, 0.29) is 0 Å². The number of benzene rings is 1. The number of nitrogens with two attached hydrogens (primary N) is 1. The molecular formula is C14H22N2. The monoisotopic (exact) mass is 218 g/mol. The Kier molecular flexibility index (Phi) is 3.97. The second kappa shape index (κ2) is 5.46. The van der Waals surface area contributed by atoms with Crippen molar-refractivity contribution in [2.24, 2.45) is 5.73 Å². The van der Waals surface area contributed by atoms with Crippen molar-refractivity contribution in [1.82, 2.24) is 4.90 Å². The molecule has 1 saturated heterocycles. The first kappa shape index (κ1) is 11.6. The van der Waals surface area contributed by atoms with Crippen LogP contribution in [0, 0.1) is 0 Å². The van der Waals surface area contributed by atoms with Gasteiger partial charge >= 0.3 is 0 Å². The van der Waals surface area contributed by atoms with Crippen LogP contribution in [0.5, 0.6) is 0 Å². The molecule has 0 radical (unpaired) electrons. The molecule has 1 unspecified atom stereocenters. The Morgan fingerprint density at radius 1 is 1.25 bits per heavy atom. The third-order valence-corrected chi connectivity index (χ3v) is 3.53. The van der Waals surface area contributed by atoms with Gasteiger partial charge in [-0.2, -0.15) is 0 Å². The van der Waals surface area contributed by atoms with Gasteiger partial charge in [0.2, 0.25) is 0 Å². The van der Waals surface area contributed by atoms with E-state index in [0.717, 1.165) is 25.6 Å². The molecule has 0 saturated carbocycles. The van der Waals surface area contributed by atoms with Gasteiger partial charge in [-0.05, 0) is 50.4 Å². The van der Waals surface area contributed by atoms with Crippen LogP contribution < -0.4 is 5.73 Å². The SMILES string of the molecule is CC1CCCN1Cc1ccc(CCN)cc1. The highest BCUT2D eigenvalue weighted by molar-refractivity contribution is 5.22. The Morgan fingerprint density at radius 3 is 2.50 bits per heavy atom. The summed E-state index contributed by atoms with van der Waals surface area (Å²) in [6.45, 7) is 5.42. The third-order valence-electron chi connectivity index (χ3n) is 3.53. The maximum Gasteiger partial charge on any atom is 0.0236 e. The number of likely N-dealkylation sites (tertiary alicyclic amines) is 1. The fourth-order valence-electron chi connectivity index (χ4n) is 2.44. The van der Waals surface area contributed by atoms with Gasteiger partial charge < -0.3 is 5.73 Å². The van der Waals surface area contributed by atoms with Crippen LogP contribution in [-0.4, -0.2) is 24.0 Å². The lowest BCUT2D eigenvalue weighted by Gasteiger charge is -2.20. The van der Waals surface area contributed by atoms with Crippen molar-refractivity contribution in [2.45, 2.75) is 38.8 Å². The minimum atomic E-state index is 0.739. The summed E-state index contributed by atoms with van der Waals surface area (Å²) in [7, 11) is 0. The van der Waals surface area contributed by atoms with Gasteiger partial charge in [-0.25, -0.2) is 0 Å². The summed E-state index contributed by atoms with van der Waals surface area (Å²) in [5, 5.41) is 0. The Labute approximate surface area is 98.4 Å². The molecule has 88 valence electrons. The molecule has 0 spiro atoms. The molecule has 1 aromatic carbocycles. The third kappa shape index (κ3) is 2.83. The van der Waals surface area contributed by atoms with Crippen molar-refractivity contribution in [2.75, 3.05) is 13.1 Å². The van der Waals surface area contributed by atoms with Gasteiger partial charge in [0.15, 0.2) is 0 Å². The molecule has 1 heterocycles. The van der Waals surface area contributed by atoms with E-state index in [2.05, 4.69) is 36.1 Å². The molecule has 2 rings (SSSR count). The van der Waals surface area contributed by atoms with Crippen molar-refractivity contribution in [1.29, 1.82) is 0 Å². The van der Waals surface area contributed by atoms with Gasteiger partial charge in [-0.1, -0.05) is 24.3 Å². The predicted octanol–water partition coefficient (Wildman–Crippen LogP) is 2.17. The fourth-order valence-corrected chi connectivity index (χ4v) is 2.44. The molecule has 1 aliphatic heterocycles. The Balaban J connectivity index is 1.94. The lowest BCUT2D eigenvalue weighted by atomic mass is 10.1. The summed E-state index contributed by atoms with van der Waals surface area (Å²) in [5.74, 6) is 0. The normalized spacial score (nSPS) is 21.5.